The summed E-state index contributed by atoms with van der Waals surface area (Å²) in [6.45, 7) is 5.65. The van der Waals surface area contributed by atoms with Crippen LogP contribution in [0.15, 0.2) is 54.6 Å². The molecule has 0 spiro atoms. The number of nitrogens with one attached hydrogen (secondary N) is 1. The number of aryl methyl sites for hydroxylation is 3. The van der Waals surface area contributed by atoms with Gasteiger partial charge in [-0.1, -0.05) is 36.4 Å². The first-order chi connectivity index (χ1) is 14.6. The van der Waals surface area contributed by atoms with Crippen LogP contribution in [0, 0.1) is 0 Å². The highest BCUT2D eigenvalue weighted by Gasteiger charge is 2.11. The summed E-state index contributed by atoms with van der Waals surface area (Å²) in [6, 6.07) is 16.4. The van der Waals surface area contributed by atoms with E-state index in [4.69, 9.17) is 14.9 Å². The standard InChI is InChI=1S/C24H29N3O3/c1-18(2)30-16-6-15-27-22-12-9-20(11-14-24(28)26-29)17-21(22)25-23(27)13-10-19-7-4-3-5-8-19/h3-5,7-9,11-12,14,17-18,29H,6,10,13,15-16H2,1-2H3,(H,26,28)/b14-11+. The SMILES string of the molecule is CC(C)OCCCn1c(CCc2ccccc2)nc2cc(/C=C/C(=O)NO)ccc21. The van der Waals surface area contributed by atoms with Crippen molar-refractivity contribution >= 4 is 23.0 Å². The molecule has 0 aliphatic carbocycles. The van der Waals surface area contributed by atoms with Crippen LogP contribution in [0.3, 0.4) is 0 Å². The highest BCUT2D eigenvalue weighted by atomic mass is 16.5. The summed E-state index contributed by atoms with van der Waals surface area (Å²) in [4.78, 5) is 16.1. The maximum Gasteiger partial charge on any atom is 0.267 e. The van der Waals surface area contributed by atoms with Crippen LogP contribution in [0.25, 0.3) is 17.1 Å². The lowest BCUT2D eigenvalue weighted by molar-refractivity contribution is -0.124. The second-order valence-electron chi connectivity index (χ2n) is 7.50. The number of aromatic nitrogens is 2. The summed E-state index contributed by atoms with van der Waals surface area (Å²) in [5.41, 5.74) is 5.71. The molecule has 1 amide bonds. The summed E-state index contributed by atoms with van der Waals surface area (Å²) >= 11 is 0. The van der Waals surface area contributed by atoms with Gasteiger partial charge in [0.25, 0.3) is 5.91 Å². The van der Waals surface area contributed by atoms with E-state index in [-0.39, 0.29) is 6.10 Å². The normalized spacial score (nSPS) is 11.6. The van der Waals surface area contributed by atoms with E-state index in [1.807, 2.05) is 38.1 Å². The lowest BCUT2D eigenvalue weighted by Gasteiger charge is -2.11. The Kier molecular flexibility index (Phi) is 7.76. The summed E-state index contributed by atoms with van der Waals surface area (Å²) in [5, 5.41) is 8.64. The van der Waals surface area contributed by atoms with Crippen LogP contribution in [0.4, 0.5) is 0 Å². The minimum Gasteiger partial charge on any atom is -0.379 e. The van der Waals surface area contributed by atoms with Crippen LogP contribution in [0.1, 0.15) is 37.2 Å². The number of hydroxylamine groups is 1. The first-order valence-electron chi connectivity index (χ1n) is 10.3. The van der Waals surface area contributed by atoms with E-state index < -0.39 is 5.91 Å². The summed E-state index contributed by atoms with van der Waals surface area (Å²) in [6.07, 6.45) is 5.87. The first kappa shape index (κ1) is 21.7. The number of benzene rings is 2. The van der Waals surface area contributed by atoms with E-state index in [2.05, 4.69) is 28.8 Å². The van der Waals surface area contributed by atoms with Crippen molar-refractivity contribution in [3.63, 3.8) is 0 Å². The molecule has 0 saturated heterocycles. The van der Waals surface area contributed by atoms with Gasteiger partial charge in [-0.05, 0) is 56.0 Å². The molecule has 3 rings (SSSR count). The molecule has 158 valence electrons. The fourth-order valence-electron chi connectivity index (χ4n) is 3.39. The number of carbonyl (C=O) groups is 1. The van der Waals surface area contributed by atoms with Gasteiger partial charge < -0.3 is 9.30 Å². The fraction of sp³-hybridized carbons (Fsp3) is 0.333. The van der Waals surface area contributed by atoms with E-state index in [0.29, 0.717) is 6.61 Å². The Labute approximate surface area is 177 Å². The Morgan fingerprint density at radius 1 is 1.20 bits per heavy atom. The van der Waals surface area contributed by atoms with Crippen LogP contribution < -0.4 is 5.48 Å². The minimum absolute atomic E-state index is 0.229. The molecule has 0 aliphatic rings. The molecular weight excluding hydrogens is 378 g/mol. The van der Waals surface area contributed by atoms with E-state index in [1.54, 1.807) is 11.6 Å². The Balaban J connectivity index is 1.83. The van der Waals surface area contributed by atoms with Crippen molar-refractivity contribution < 1.29 is 14.7 Å². The minimum atomic E-state index is -0.561. The zero-order valence-corrected chi connectivity index (χ0v) is 17.5. The Hall–Kier alpha value is -2.96. The van der Waals surface area contributed by atoms with Crippen LogP contribution >= 0.6 is 0 Å². The number of fused-ring (bicyclic) bond motifs is 1. The van der Waals surface area contributed by atoms with Gasteiger partial charge in [-0.3, -0.25) is 10.0 Å². The largest absolute Gasteiger partial charge is 0.379 e. The number of amides is 1. The zero-order valence-electron chi connectivity index (χ0n) is 17.5. The van der Waals surface area contributed by atoms with Crippen LogP contribution in [-0.2, 0) is 28.9 Å². The molecule has 0 aliphatic heterocycles. The molecule has 0 saturated carbocycles. The maximum atomic E-state index is 11.2. The quantitative estimate of drug-likeness (QED) is 0.229. The van der Waals surface area contributed by atoms with Gasteiger partial charge >= 0.3 is 0 Å². The van der Waals surface area contributed by atoms with Crippen molar-refractivity contribution in [2.45, 2.75) is 45.8 Å². The zero-order chi connectivity index (χ0) is 21.3. The molecular formula is C24H29N3O3. The molecule has 6 heteroatoms. The smallest absolute Gasteiger partial charge is 0.267 e. The van der Waals surface area contributed by atoms with Gasteiger partial charge in [0.1, 0.15) is 5.82 Å². The van der Waals surface area contributed by atoms with Gasteiger partial charge in [0.2, 0.25) is 0 Å². The fourth-order valence-corrected chi connectivity index (χ4v) is 3.39. The van der Waals surface area contributed by atoms with Crippen LogP contribution in [0.5, 0.6) is 0 Å². The third kappa shape index (κ3) is 6.02. The monoisotopic (exact) mass is 407 g/mol. The van der Waals surface area contributed by atoms with Crippen molar-refractivity contribution in [1.82, 2.24) is 15.0 Å². The van der Waals surface area contributed by atoms with Crippen molar-refractivity contribution in [2.24, 2.45) is 0 Å². The molecule has 0 unspecified atom stereocenters. The third-order valence-electron chi connectivity index (χ3n) is 4.85. The van der Waals surface area contributed by atoms with Crippen LogP contribution in [0.2, 0.25) is 0 Å². The molecule has 1 aromatic heterocycles. The summed E-state index contributed by atoms with van der Waals surface area (Å²) in [5.74, 6) is 0.488. The van der Waals surface area contributed by atoms with Gasteiger partial charge in [0.05, 0.1) is 17.1 Å². The molecule has 3 aromatic rings. The Morgan fingerprint density at radius 2 is 2.00 bits per heavy atom. The third-order valence-corrected chi connectivity index (χ3v) is 4.85. The van der Waals surface area contributed by atoms with Crippen molar-refractivity contribution in [2.75, 3.05) is 6.61 Å². The number of hydrogen-bond donors (Lipinski definition) is 2. The topological polar surface area (TPSA) is 76.4 Å². The number of hydrogen-bond acceptors (Lipinski definition) is 4. The van der Waals surface area contributed by atoms with Gasteiger partial charge in [0, 0.05) is 25.6 Å². The molecule has 0 fully saturated rings. The van der Waals surface area contributed by atoms with Crippen molar-refractivity contribution in [1.29, 1.82) is 0 Å². The molecule has 0 bridgehead atoms. The average molecular weight is 408 g/mol. The number of nitrogens with zero attached hydrogens (tertiary/aromatic N) is 2. The number of imidazole rings is 1. The molecule has 30 heavy (non-hydrogen) atoms. The van der Waals surface area contributed by atoms with Crippen LogP contribution in [-0.4, -0.2) is 33.4 Å². The predicted molar refractivity (Wildman–Crippen MR) is 118 cm³/mol. The van der Waals surface area contributed by atoms with Gasteiger partial charge in [-0.2, -0.15) is 0 Å². The molecule has 2 N–H and O–H groups in total. The van der Waals surface area contributed by atoms with Crippen molar-refractivity contribution in [3.05, 3.63) is 71.6 Å². The van der Waals surface area contributed by atoms with E-state index in [0.717, 1.165) is 48.2 Å². The van der Waals surface area contributed by atoms with Gasteiger partial charge in [-0.25, -0.2) is 10.5 Å². The Bertz CT molecular complexity index is 994. The molecule has 0 atom stereocenters. The summed E-state index contributed by atoms with van der Waals surface area (Å²) < 4.78 is 7.98. The first-order valence-corrected chi connectivity index (χ1v) is 10.3. The predicted octanol–water partition coefficient (Wildman–Crippen LogP) is 4.16. The van der Waals surface area contributed by atoms with Gasteiger partial charge in [0.15, 0.2) is 0 Å². The number of ether oxygens (including phenoxy) is 1. The molecule has 2 aromatic carbocycles. The highest BCUT2D eigenvalue weighted by molar-refractivity contribution is 5.91. The lowest BCUT2D eigenvalue weighted by Crippen LogP contribution is -2.14. The van der Waals surface area contributed by atoms with E-state index in [1.165, 1.54) is 11.6 Å². The Morgan fingerprint density at radius 3 is 2.73 bits per heavy atom. The lowest BCUT2D eigenvalue weighted by atomic mass is 10.1. The van der Waals surface area contributed by atoms with Gasteiger partial charge in [-0.15, -0.1) is 0 Å². The molecule has 6 nitrogen and oxygen atoms in total. The number of carbonyl (C=O) groups excluding carboxylic acids is 1. The second kappa shape index (κ2) is 10.7. The highest BCUT2D eigenvalue weighted by Crippen LogP contribution is 2.21. The van der Waals surface area contributed by atoms with E-state index >= 15 is 0 Å². The summed E-state index contributed by atoms with van der Waals surface area (Å²) in [7, 11) is 0. The van der Waals surface area contributed by atoms with E-state index in [9.17, 15) is 4.79 Å². The maximum absolute atomic E-state index is 11.2. The van der Waals surface area contributed by atoms with Crippen molar-refractivity contribution in [3.8, 4) is 0 Å². The molecule has 0 radical (unpaired) electrons. The number of rotatable bonds is 10. The second-order valence-corrected chi connectivity index (χ2v) is 7.50. The average Bonchev–Trinajstić information content (AvgIpc) is 3.10. The molecule has 1 heterocycles.